The minimum absolute atomic E-state index is 0.145. The quantitative estimate of drug-likeness (QED) is 0.682. The van der Waals surface area contributed by atoms with Crippen LogP contribution in [0.1, 0.15) is 41.5 Å². The topological polar surface area (TPSA) is 105 Å². The van der Waals surface area contributed by atoms with Crippen molar-refractivity contribution in [1.82, 2.24) is 10.2 Å². The van der Waals surface area contributed by atoms with Crippen molar-refractivity contribution in [3.8, 4) is 0 Å². The Morgan fingerprint density at radius 3 is 2.14 bits per heavy atom. The van der Waals surface area contributed by atoms with Crippen molar-refractivity contribution in [1.29, 1.82) is 0 Å². The minimum atomic E-state index is -1.04. The number of nitrogens with two attached hydrogens (primary N) is 1. The number of likely N-dealkylation sites (tertiary alicyclic amines) is 1. The highest BCUT2D eigenvalue weighted by atomic mass is 16.6. The smallest absolute Gasteiger partial charge is 0.408 e. The molecule has 0 bridgehead atoms. The van der Waals surface area contributed by atoms with Crippen molar-refractivity contribution >= 4 is 12.2 Å². The van der Waals surface area contributed by atoms with E-state index in [1.807, 2.05) is 20.8 Å². The Kier molecular flexibility index (Phi) is 4.48. The molecule has 1 heterocycles. The number of carbonyl (C=O) groups is 2. The Morgan fingerprint density at radius 1 is 1.29 bits per heavy atom. The molecule has 1 fully saturated rings. The van der Waals surface area contributed by atoms with E-state index >= 15 is 0 Å². The summed E-state index contributed by atoms with van der Waals surface area (Å²) in [6.45, 7) is 11.4. The fraction of sp³-hybridized carbons (Fsp3) is 0.857. The van der Waals surface area contributed by atoms with Crippen LogP contribution in [0.4, 0.5) is 9.59 Å². The van der Waals surface area contributed by atoms with Crippen LogP contribution in [0.2, 0.25) is 0 Å². The van der Waals surface area contributed by atoms with Crippen LogP contribution in [0.5, 0.6) is 0 Å². The molecule has 1 unspecified atom stereocenters. The van der Waals surface area contributed by atoms with Gasteiger partial charge in [0, 0.05) is 19.1 Å². The van der Waals surface area contributed by atoms with Gasteiger partial charge in [-0.2, -0.15) is 0 Å². The zero-order chi connectivity index (χ0) is 16.6. The third kappa shape index (κ3) is 3.78. The van der Waals surface area contributed by atoms with Gasteiger partial charge >= 0.3 is 12.2 Å². The van der Waals surface area contributed by atoms with Crippen LogP contribution in [-0.2, 0) is 4.74 Å². The third-order valence-electron chi connectivity index (χ3n) is 3.82. The molecule has 0 radical (unpaired) electrons. The van der Waals surface area contributed by atoms with Crippen LogP contribution in [0, 0.1) is 5.41 Å². The maximum absolute atomic E-state index is 12.1. The summed E-state index contributed by atoms with van der Waals surface area (Å²) < 4.78 is 5.29. The minimum Gasteiger partial charge on any atom is -0.465 e. The first-order valence-corrected chi connectivity index (χ1v) is 7.03. The normalized spacial score (nSPS) is 26.6. The van der Waals surface area contributed by atoms with E-state index in [2.05, 4.69) is 5.32 Å². The first kappa shape index (κ1) is 17.6. The molecule has 2 amide bonds. The van der Waals surface area contributed by atoms with E-state index in [1.165, 1.54) is 4.90 Å². The second-order valence-corrected chi connectivity index (χ2v) is 7.62. The van der Waals surface area contributed by atoms with Crippen molar-refractivity contribution in [3.05, 3.63) is 0 Å². The van der Waals surface area contributed by atoms with Gasteiger partial charge in [-0.3, -0.25) is 0 Å². The molecular weight excluding hydrogens is 274 g/mol. The Bertz CT molecular complexity index is 425. The number of rotatable bonds is 1. The molecule has 7 heteroatoms. The molecule has 0 aromatic heterocycles. The van der Waals surface area contributed by atoms with Crippen molar-refractivity contribution < 1.29 is 19.4 Å². The first-order valence-electron chi connectivity index (χ1n) is 7.03. The Balaban J connectivity index is 3.02. The lowest BCUT2D eigenvalue weighted by Gasteiger charge is -2.44. The number of carbonyl (C=O) groups excluding carboxylic acids is 1. The SMILES string of the molecule is CC(C)(C)OC(=O)N[C@@]1(C(C)(C)C)CN(C(=O)O)CC1N. The van der Waals surface area contributed by atoms with Crippen LogP contribution < -0.4 is 11.1 Å². The lowest BCUT2D eigenvalue weighted by molar-refractivity contribution is 0.0323. The summed E-state index contributed by atoms with van der Waals surface area (Å²) in [5.41, 5.74) is 4.25. The Hall–Kier alpha value is -1.50. The van der Waals surface area contributed by atoms with Crippen molar-refractivity contribution in [2.75, 3.05) is 13.1 Å². The van der Waals surface area contributed by atoms with E-state index < -0.39 is 34.8 Å². The fourth-order valence-electron chi connectivity index (χ4n) is 2.62. The van der Waals surface area contributed by atoms with Crippen molar-refractivity contribution in [3.63, 3.8) is 0 Å². The lowest BCUT2D eigenvalue weighted by atomic mass is 9.70. The van der Waals surface area contributed by atoms with E-state index in [1.54, 1.807) is 20.8 Å². The molecule has 1 rings (SSSR count). The van der Waals surface area contributed by atoms with E-state index in [0.29, 0.717) is 0 Å². The highest BCUT2D eigenvalue weighted by molar-refractivity contribution is 5.71. The van der Waals surface area contributed by atoms with Gasteiger partial charge in [0.05, 0.1) is 5.54 Å². The maximum Gasteiger partial charge on any atom is 0.408 e. The monoisotopic (exact) mass is 301 g/mol. The molecule has 0 saturated carbocycles. The molecule has 0 spiro atoms. The second kappa shape index (κ2) is 5.36. The maximum atomic E-state index is 12.1. The summed E-state index contributed by atoms with van der Waals surface area (Å²) >= 11 is 0. The molecule has 1 aliphatic rings. The van der Waals surface area contributed by atoms with Gasteiger partial charge in [0.2, 0.25) is 0 Å². The number of amides is 2. The molecule has 122 valence electrons. The Morgan fingerprint density at radius 2 is 1.81 bits per heavy atom. The second-order valence-electron chi connectivity index (χ2n) is 7.62. The molecule has 7 nitrogen and oxygen atoms in total. The summed E-state index contributed by atoms with van der Waals surface area (Å²) in [5.74, 6) is 0. The zero-order valence-electron chi connectivity index (χ0n) is 13.7. The van der Waals surface area contributed by atoms with E-state index in [-0.39, 0.29) is 13.1 Å². The predicted octanol–water partition coefficient (Wildman–Crippen LogP) is 1.62. The van der Waals surface area contributed by atoms with Crippen molar-refractivity contribution in [2.24, 2.45) is 11.1 Å². The van der Waals surface area contributed by atoms with E-state index in [4.69, 9.17) is 10.5 Å². The van der Waals surface area contributed by atoms with Crippen LogP contribution in [0.3, 0.4) is 0 Å². The molecule has 0 aliphatic carbocycles. The summed E-state index contributed by atoms with van der Waals surface area (Å²) in [7, 11) is 0. The molecule has 21 heavy (non-hydrogen) atoms. The predicted molar refractivity (Wildman–Crippen MR) is 79.1 cm³/mol. The van der Waals surface area contributed by atoms with Crippen LogP contribution in [-0.4, -0.2) is 52.5 Å². The molecule has 1 aliphatic heterocycles. The number of alkyl carbamates (subject to hydrolysis) is 1. The van der Waals surface area contributed by atoms with Gasteiger partial charge in [-0.25, -0.2) is 9.59 Å². The highest BCUT2D eigenvalue weighted by Gasteiger charge is 2.55. The summed E-state index contributed by atoms with van der Waals surface area (Å²) in [5, 5.41) is 12.0. The molecule has 0 aromatic carbocycles. The van der Waals surface area contributed by atoms with Crippen molar-refractivity contribution in [2.45, 2.75) is 58.7 Å². The Labute approximate surface area is 125 Å². The molecule has 4 N–H and O–H groups in total. The summed E-state index contributed by atoms with van der Waals surface area (Å²) in [6.07, 6.45) is -1.62. The molecule has 2 atom stereocenters. The highest BCUT2D eigenvalue weighted by Crippen LogP contribution is 2.37. The molecule has 1 saturated heterocycles. The van der Waals surface area contributed by atoms with E-state index in [9.17, 15) is 14.7 Å². The van der Waals surface area contributed by atoms with Crippen LogP contribution in [0.25, 0.3) is 0 Å². The fourth-order valence-corrected chi connectivity index (χ4v) is 2.62. The number of hydrogen-bond donors (Lipinski definition) is 3. The standard InChI is InChI=1S/C14H27N3O4/c1-12(2,3)14(16-10(18)21-13(4,5)6)8-17(11(19)20)7-9(14)15/h9H,7-8,15H2,1-6H3,(H,16,18)(H,19,20)/t9?,14-/m0/s1. The van der Waals surface area contributed by atoms with Gasteiger partial charge in [0.15, 0.2) is 0 Å². The lowest BCUT2D eigenvalue weighted by Crippen LogP contribution is -2.67. The van der Waals surface area contributed by atoms with Gasteiger partial charge in [-0.15, -0.1) is 0 Å². The van der Waals surface area contributed by atoms with Crippen LogP contribution in [0.15, 0.2) is 0 Å². The van der Waals surface area contributed by atoms with Crippen LogP contribution >= 0.6 is 0 Å². The zero-order valence-corrected chi connectivity index (χ0v) is 13.7. The van der Waals surface area contributed by atoms with Gasteiger partial charge in [-0.1, -0.05) is 20.8 Å². The third-order valence-corrected chi connectivity index (χ3v) is 3.82. The van der Waals surface area contributed by atoms with Gasteiger partial charge < -0.3 is 25.8 Å². The number of nitrogens with one attached hydrogen (secondary N) is 1. The van der Waals surface area contributed by atoms with Gasteiger partial charge in [0.25, 0.3) is 0 Å². The largest absolute Gasteiger partial charge is 0.465 e. The number of hydrogen-bond acceptors (Lipinski definition) is 4. The molecular formula is C14H27N3O4. The van der Waals surface area contributed by atoms with E-state index in [0.717, 1.165) is 0 Å². The number of nitrogens with zero attached hydrogens (tertiary/aromatic N) is 1. The summed E-state index contributed by atoms with van der Waals surface area (Å²) in [4.78, 5) is 24.6. The number of carboxylic acid groups (broad SMARTS) is 1. The van der Waals surface area contributed by atoms with Gasteiger partial charge in [-0.05, 0) is 26.2 Å². The molecule has 0 aromatic rings. The number of ether oxygens (including phenoxy) is 1. The summed E-state index contributed by atoms with van der Waals surface area (Å²) in [6, 6.07) is -0.499. The first-order chi connectivity index (χ1) is 9.28. The average molecular weight is 301 g/mol. The van der Waals surface area contributed by atoms with Gasteiger partial charge in [0.1, 0.15) is 5.60 Å². The average Bonchev–Trinajstić information content (AvgIpc) is 2.53.